The summed E-state index contributed by atoms with van der Waals surface area (Å²) in [5, 5.41) is 27.0. The average Bonchev–Trinajstić information content (AvgIpc) is 2.80. The van der Waals surface area contributed by atoms with E-state index in [0.717, 1.165) is 56.1 Å². The molecule has 7 unspecified atom stereocenters. The fraction of sp³-hybridized carbons (Fsp3) is 0.778. The zero-order chi connectivity index (χ0) is 25.8. The van der Waals surface area contributed by atoms with Crippen LogP contribution in [0.5, 0.6) is 0 Å². The average molecular weight is 494 g/mol. The van der Waals surface area contributed by atoms with E-state index in [1.54, 1.807) is 11.8 Å². The Kier molecular flexibility index (Phi) is 14.0. The number of rotatable bonds is 16. The molecule has 0 aromatic rings. The number of piperidine rings is 1. The number of nitrogens with one attached hydrogen (secondary N) is 2. The van der Waals surface area contributed by atoms with Gasteiger partial charge in [-0.2, -0.15) is 0 Å². The summed E-state index contributed by atoms with van der Waals surface area (Å²) in [6.45, 7) is 12.5. The van der Waals surface area contributed by atoms with E-state index in [1.165, 1.54) is 11.9 Å². The number of aliphatic hydroxyl groups is 1. The zero-order valence-electron chi connectivity index (χ0n) is 22.0. The van der Waals surface area contributed by atoms with Gasteiger partial charge in [0.1, 0.15) is 12.5 Å². The Morgan fingerprint density at radius 1 is 1.26 bits per heavy atom. The molecule has 6 nitrogen and oxygen atoms in total. The van der Waals surface area contributed by atoms with Crippen LogP contribution < -0.4 is 0 Å². The minimum atomic E-state index is -0.735. The quantitative estimate of drug-likeness (QED) is 0.0629. The summed E-state index contributed by atoms with van der Waals surface area (Å²) in [4.78, 5) is 13.7. The molecule has 0 bridgehead atoms. The van der Waals surface area contributed by atoms with E-state index in [9.17, 15) is 9.90 Å². The van der Waals surface area contributed by atoms with Crippen LogP contribution in [0.1, 0.15) is 86.5 Å². The molecule has 1 fully saturated rings. The molecule has 7 atom stereocenters. The Morgan fingerprint density at radius 3 is 2.41 bits per heavy atom. The molecule has 1 aliphatic rings. The van der Waals surface area contributed by atoms with Gasteiger partial charge in [0.15, 0.2) is 0 Å². The largest absolute Gasteiger partial charge is 0.375 e. The highest BCUT2D eigenvalue weighted by atomic mass is 32.1. The smallest absolute Gasteiger partial charge is 0.134 e. The number of hydrogen-bond donors (Lipinski definition) is 3. The highest BCUT2D eigenvalue weighted by molar-refractivity contribution is 7.80. The minimum Gasteiger partial charge on any atom is -0.375 e. The molecule has 0 radical (unpaired) electrons. The number of hydrogen-bond acceptors (Lipinski definition) is 6. The van der Waals surface area contributed by atoms with Gasteiger partial charge in [0.2, 0.25) is 0 Å². The maximum Gasteiger partial charge on any atom is 0.134 e. The van der Waals surface area contributed by atoms with E-state index < -0.39 is 6.23 Å². The van der Waals surface area contributed by atoms with Gasteiger partial charge in [-0.15, -0.1) is 0 Å². The summed E-state index contributed by atoms with van der Waals surface area (Å²) in [5.74, 6) is 0.316. The van der Waals surface area contributed by atoms with Gasteiger partial charge in [-0.05, 0) is 57.2 Å². The van der Waals surface area contributed by atoms with Gasteiger partial charge in [-0.3, -0.25) is 5.41 Å². The van der Waals surface area contributed by atoms with Crippen molar-refractivity contribution in [2.45, 2.75) is 105 Å². The van der Waals surface area contributed by atoms with Crippen molar-refractivity contribution < 1.29 is 14.6 Å². The maximum absolute atomic E-state index is 11.2. The Balaban J connectivity index is 2.81. The van der Waals surface area contributed by atoms with Crippen LogP contribution in [0, 0.1) is 34.5 Å². The number of carbonyl (C=O) groups is 1. The van der Waals surface area contributed by atoms with Crippen LogP contribution in [0.2, 0.25) is 0 Å². The molecule has 1 heterocycles. The van der Waals surface area contributed by atoms with E-state index in [2.05, 4.69) is 19.9 Å². The zero-order valence-corrected chi connectivity index (χ0v) is 22.9. The maximum atomic E-state index is 11.2. The van der Waals surface area contributed by atoms with Crippen molar-refractivity contribution in [3.8, 4) is 0 Å². The van der Waals surface area contributed by atoms with Crippen molar-refractivity contribution in [1.29, 1.82) is 10.8 Å². The molecule has 0 saturated carbocycles. The first-order valence-corrected chi connectivity index (χ1v) is 13.2. The first kappa shape index (κ1) is 30.6. The van der Waals surface area contributed by atoms with Gasteiger partial charge >= 0.3 is 0 Å². The minimum absolute atomic E-state index is 0.0482. The third kappa shape index (κ3) is 8.97. The van der Waals surface area contributed by atoms with Crippen LogP contribution in [0.15, 0.2) is 11.6 Å². The number of thiocarbonyl (C=S) groups is 1. The van der Waals surface area contributed by atoms with Crippen LogP contribution >= 0.6 is 12.2 Å². The molecular formula is C27H47N3O3S. The van der Waals surface area contributed by atoms with Gasteiger partial charge in [0, 0.05) is 23.5 Å². The Morgan fingerprint density at radius 2 is 1.91 bits per heavy atom. The molecule has 34 heavy (non-hydrogen) atoms. The second-order valence-electron chi connectivity index (χ2n) is 10.1. The van der Waals surface area contributed by atoms with E-state index in [4.69, 9.17) is 27.8 Å². The second kappa shape index (κ2) is 15.5. The molecule has 1 aliphatic heterocycles. The Hall–Kier alpha value is -1.44. The van der Waals surface area contributed by atoms with Crippen molar-refractivity contribution >= 4 is 35.4 Å². The fourth-order valence-corrected chi connectivity index (χ4v) is 5.07. The SMILES string of the molecule is CC=C(CC(C)CCCCC(C=O)C(C)=S)C1CC(OCC(C)C(C)=N)C(CC)N(C=N)C1O. The van der Waals surface area contributed by atoms with Crippen LogP contribution in [0.3, 0.4) is 0 Å². The Bertz CT molecular complexity index is 711. The topological polar surface area (TPSA) is 97.5 Å². The number of aliphatic hydroxyl groups excluding tert-OH is 1. The standard InChI is InChI=1S/C27H47N3O3S/c1-7-22(13-18(3)11-9-10-12-23(15-31)21(6)34)24-14-26(33-16-19(4)20(5)29)25(8-2)30(17-28)27(24)32/h7,15,17-19,23-29,32H,8-14,16H2,1-6H3. The normalized spacial score (nSPS) is 26.0. The van der Waals surface area contributed by atoms with Gasteiger partial charge < -0.3 is 24.9 Å². The van der Waals surface area contributed by atoms with Crippen LogP contribution in [0.4, 0.5) is 0 Å². The molecule has 3 N–H and O–H groups in total. The second-order valence-corrected chi connectivity index (χ2v) is 10.7. The number of ether oxygens (including phenoxy) is 1. The lowest BCUT2D eigenvalue weighted by molar-refractivity contribution is -0.116. The summed E-state index contributed by atoms with van der Waals surface area (Å²) in [7, 11) is 0. The first-order valence-electron chi connectivity index (χ1n) is 12.8. The summed E-state index contributed by atoms with van der Waals surface area (Å²) >= 11 is 5.16. The Labute approximate surface area is 212 Å². The van der Waals surface area contributed by atoms with Gasteiger partial charge in [-0.1, -0.05) is 63.9 Å². The van der Waals surface area contributed by atoms with Crippen LogP contribution in [-0.4, -0.2) is 58.2 Å². The number of aldehydes is 1. The van der Waals surface area contributed by atoms with Gasteiger partial charge in [-0.25, -0.2) is 0 Å². The lowest BCUT2D eigenvalue weighted by Gasteiger charge is -2.47. The predicted octanol–water partition coefficient (Wildman–Crippen LogP) is 5.81. The number of likely N-dealkylation sites (tertiary alicyclic amines) is 1. The van der Waals surface area contributed by atoms with Crippen molar-refractivity contribution in [1.82, 2.24) is 4.90 Å². The summed E-state index contributed by atoms with van der Waals surface area (Å²) in [6.07, 6.45) is 9.83. The molecule has 194 valence electrons. The van der Waals surface area contributed by atoms with Crippen molar-refractivity contribution in [3.05, 3.63) is 11.6 Å². The molecule has 0 aromatic carbocycles. The van der Waals surface area contributed by atoms with Gasteiger partial charge in [0.05, 0.1) is 25.1 Å². The molecule has 1 saturated heterocycles. The fourth-order valence-electron chi connectivity index (χ4n) is 4.90. The lowest BCUT2D eigenvalue weighted by Crippen LogP contribution is -2.57. The summed E-state index contributed by atoms with van der Waals surface area (Å²) in [6, 6.07) is -0.0482. The van der Waals surface area contributed by atoms with Crippen molar-refractivity contribution in [2.24, 2.45) is 23.7 Å². The first-order chi connectivity index (χ1) is 16.1. The van der Waals surface area contributed by atoms with Crippen molar-refractivity contribution in [2.75, 3.05) is 6.61 Å². The van der Waals surface area contributed by atoms with Crippen LogP contribution in [0.25, 0.3) is 0 Å². The van der Waals surface area contributed by atoms with Crippen LogP contribution in [-0.2, 0) is 9.53 Å². The van der Waals surface area contributed by atoms with Crippen molar-refractivity contribution in [3.63, 3.8) is 0 Å². The number of nitrogens with zero attached hydrogens (tertiary/aromatic N) is 1. The van der Waals surface area contributed by atoms with E-state index in [0.29, 0.717) is 18.2 Å². The molecule has 7 heteroatoms. The number of carbonyl (C=O) groups excluding carboxylic acids is 1. The molecule has 0 spiro atoms. The highest BCUT2D eigenvalue weighted by Crippen LogP contribution is 2.37. The molecular weight excluding hydrogens is 446 g/mol. The van der Waals surface area contributed by atoms with E-state index in [-0.39, 0.29) is 29.9 Å². The third-order valence-electron chi connectivity index (χ3n) is 7.41. The summed E-state index contributed by atoms with van der Waals surface area (Å²) in [5.41, 5.74) is 1.82. The van der Waals surface area contributed by atoms with E-state index >= 15 is 0 Å². The molecule has 0 amide bonds. The summed E-state index contributed by atoms with van der Waals surface area (Å²) < 4.78 is 6.29. The molecule has 0 aromatic heterocycles. The number of allylic oxidation sites excluding steroid dienone is 1. The van der Waals surface area contributed by atoms with Gasteiger partial charge in [0.25, 0.3) is 0 Å². The monoisotopic (exact) mass is 493 g/mol. The third-order valence-corrected chi connectivity index (χ3v) is 7.71. The lowest BCUT2D eigenvalue weighted by atomic mass is 9.79. The molecule has 0 aliphatic carbocycles. The molecule has 1 rings (SSSR count). The highest BCUT2D eigenvalue weighted by Gasteiger charge is 2.42. The number of unbranched alkanes of at least 4 members (excludes halogenated alkanes) is 1. The van der Waals surface area contributed by atoms with E-state index in [1.807, 2.05) is 20.8 Å². The predicted molar refractivity (Wildman–Crippen MR) is 145 cm³/mol.